The zero-order valence-corrected chi connectivity index (χ0v) is 38.0. The van der Waals surface area contributed by atoms with E-state index in [1.54, 1.807) is 0 Å². The molecule has 0 aromatic rings. The molecule has 334 valence electrons. The van der Waals surface area contributed by atoms with Crippen molar-refractivity contribution in [3.8, 4) is 0 Å². The Morgan fingerprint density at radius 1 is 0.345 bits per heavy atom. The Kier molecular flexibility index (Phi) is 44.5. The van der Waals surface area contributed by atoms with Gasteiger partial charge in [0.25, 0.3) is 0 Å². The molecule has 0 radical (unpaired) electrons. The fraction of sp³-hybridized carbons (Fsp3) is 0.750. The molecule has 58 heavy (non-hydrogen) atoms. The lowest BCUT2D eigenvalue weighted by atomic mass is 10.1. The molecule has 0 aromatic carbocycles. The second-order valence-corrected chi connectivity index (χ2v) is 16.1. The largest absolute Gasteiger partial charge is 0.462 e. The molecule has 0 aromatic heterocycles. The number of esters is 3. The number of hydrogen-bond acceptors (Lipinski definition) is 6. The van der Waals surface area contributed by atoms with Crippen LogP contribution in [0.1, 0.15) is 233 Å². The maximum atomic E-state index is 12.7. The van der Waals surface area contributed by atoms with E-state index in [1.807, 2.05) is 0 Å². The van der Waals surface area contributed by atoms with Gasteiger partial charge in [0.1, 0.15) is 13.2 Å². The van der Waals surface area contributed by atoms with Crippen molar-refractivity contribution < 1.29 is 28.6 Å². The van der Waals surface area contributed by atoms with Crippen LogP contribution in [0.4, 0.5) is 0 Å². The van der Waals surface area contributed by atoms with Crippen molar-refractivity contribution in [3.05, 3.63) is 60.8 Å². The average Bonchev–Trinajstić information content (AvgIpc) is 3.22. The highest BCUT2D eigenvalue weighted by Gasteiger charge is 2.19. The van der Waals surface area contributed by atoms with E-state index in [1.165, 1.54) is 96.3 Å². The van der Waals surface area contributed by atoms with E-state index in [-0.39, 0.29) is 31.1 Å². The van der Waals surface area contributed by atoms with E-state index in [0.29, 0.717) is 19.3 Å². The summed E-state index contributed by atoms with van der Waals surface area (Å²) in [4.78, 5) is 37.8. The fourth-order valence-electron chi connectivity index (χ4n) is 6.62. The molecule has 1 atom stereocenters. The van der Waals surface area contributed by atoms with Gasteiger partial charge in [0.2, 0.25) is 0 Å². The molecule has 0 aliphatic rings. The minimum atomic E-state index is -0.787. The molecule has 1 unspecified atom stereocenters. The molecular formula is C52H90O6. The number of ether oxygens (including phenoxy) is 3. The van der Waals surface area contributed by atoms with Crippen LogP contribution in [0.5, 0.6) is 0 Å². The summed E-state index contributed by atoms with van der Waals surface area (Å²) >= 11 is 0. The number of allylic oxidation sites excluding steroid dienone is 10. The zero-order chi connectivity index (χ0) is 42.3. The Morgan fingerprint density at radius 2 is 0.638 bits per heavy atom. The van der Waals surface area contributed by atoms with Crippen molar-refractivity contribution in [1.82, 2.24) is 0 Å². The molecule has 0 saturated heterocycles. The van der Waals surface area contributed by atoms with Crippen LogP contribution >= 0.6 is 0 Å². The highest BCUT2D eigenvalue weighted by Crippen LogP contribution is 2.13. The van der Waals surface area contributed by atoms with Crippen molar-refractivity contribution >= 4 is 17.9 Å². The van der Waals surface area contributed by atoms with Crippen LogP contribution in [-0.4, -0.2) is 37.2 Å². The first-order valence-electron chi connectivity index (χ1n) is 24.3. The predicted molar refractivity (Wildman–Crippen MR) is 247 cm³/mol. The normalized spacial score (nSPS) is 12.5. The number of unbranched alkanes of at least 4 members (excludes halogenated alkanes) is 25. The molecule has 0 N–H and O–H groups in total. The third-order valence-electron chi connectivity index (χ3n) is 10.3. The molecule has 6 heteroatoms. The first kappa shape index (κ1) is 55.1. The van der Waals surface area contributed by atoms with Gasteiger partial charge in [-0.15, -0.1) is 0 Å². The Labute approximate surface area is 358 Å². The summed E-state index contributed by atoms with van der Waals surface area (Å²) < 4.78 is 16.7. The van der Waals surface area contributed by atoms with Crippen molar-refractivity contribution in [2.75, 3.05) is 13.2 Å². The molecule has 0 rings (SSSR count). The Hall–Kier alpha value is -2.89. The lowest BCUT2D eigenvalue weighted by Crippen LogP contribution is -2.30. The van der Waals surface area contributed by atoms with Gasteiger partial charge in [-0.25, -0.2) is 0 Å². The Bertz CT molecular complexity index is 1070. The molecule has 0 fully saturated rings. The number of rotatable bonds is 43. The van der Waals surface area contributed by atoms with E-state index in [2.05, 4.69) is 81.5 Å². The van der Waals surface area contributed by atoms with Gasteiger partial charge in [-0.1, -0.05) is 204 Å². The van der Waals surface area contributed by atoms with Gasteiger partial charge in [-0.2, -0.15) is 0 Å². The quantitative estimate of drug-likeness (QED) is 0.0201. The molecule has 0 spiro atoms. The summed E-state index contributed by atoms with van der Waals surface area (Å²) in [6.07, 6.45) is 56.3. The number of hydrogen-bond donors (Lipinski definition) is 0. The highest BCUT2D eigenvalue weighted by molar-refractivity contribution is 5.71. The first-order valence-corrected chi connectivity index (χ1v) is 24.3. The van der Waals surface area contributed by atoms with Crippen molar-refractivity contribution in [1.29, 1.82) is 0 Å². The van der Waals surface area contributed by atoms with E-state index < -0.39 is 6.10 Å². The smallest absolute Gasteiger partial charge is 0.306 e. The third kappa shape index (κ3) is 44.2. The molecule has 0 aliphatic heterocycles. The van der Waals surface area contributed by atoms with E-state index in [9.17, 15) is 14.4 Å². The van der Waals surface area contributed by atoms with Crippen molar-refractivity contribution in [2.24, 2.45) is 0 Å². The van der Waals surface area contributed by atoms with Crippen LogP contribution in [0, 0.1) is 0 Å². The van der Waals surface area contributed by atoms with E-state index in [4.69, 9.17) is 14.2 Å². The van der Waals surface area contributed by atoms with Crippen molar-refractivity contribution in [3.63, 3.8) is 0 Å². The third-order valence-corrected chi connectivity index (χ3v) is 10.3. The minimum absolute atomic E-state index is 0.0871. The Balaban J connectivity index is 4.40. The number of carbonyl (C=O) groups excluding carboxylic acids is 3. The van der Waals surface area contributed by atoms with Gasteiger partial charge in [-0.05, 0) is 70.6 Å². The summed E-state index contributed by atoms with van der Waals surface area (Å²) in [6.45, 7) is 6.53. The molecular weight excluding hydrogens is 721 g/mol. The van der Waals surface area contributed by atoms with E-state index in [0.717, 1.165) is 96.3 Å². The van der Waals surface area contributed by atoms with Crippen LogP contribution in [0.15, 0.2) is 60.8 Å². The van der Waals surface area contributed by atoms with Crippen LogP contribution in [0.3, 0.4) is 0 Å². The second kappa shape index (κ2) is 46.8. The van der Waals surface area contributed by atoms with Crippen LogP contribution in [0.2, 0.25) is 0 Å². The van der Waals surface area contributed by atoms with Crippen LogP contribution in [-0.2, 0) is 28.6 Å². The lowest BCUT2D eigenvalue weighted by Gasteiger charge is -2.18. The SMILES string of the molecule is CCCCC\C=C/C=C\C=C/C=C\CCCCCCCC(=O)OCC(COC(=O)CCCCCCCCCCC)OC(=O)CCCCC/C=C\CCCCCCCC. The van der Waals surface area contributed by atoms with Gasteiger partial charge in [-0.3, -0.25) is 14.4 Å². The summed E-state index contributed by atoms with van der Waals surface area (Å²) in [7, 11) is 0. The molecule has 6 nitrogen and oxygen atoms in total. The number of carbonyl (C=O) groups is 3. The minimum Gasteiger partial charge on any atom is -0.462 e. The monoisotopic (exact) mass is 811 g/mol. The second-order valence-electron chi connectivity index (χ2n) is 16.1. The first-order chi connectivity index (χ1) is 28.5. The standard InChI is InChI=1S/C52H90O6/c1-4-7-10-13-16-19-21-23-24-25-26-27-29-30-33-36-39-42-45-51(54)57-48-49(47-56-50(53)44-41-38-35-32-18-15-12-9-6-3)58-52(55)46-43-40-37-34-31-28-22-20-17-14-11-8-5-2/h16,19,21,23-28,31,49H,4-15,17-18,20,22,29-30,32-48H2,1-3H3/b19-16-,23-21-,25-24-,27-26-,31-28-. The maximum absolute atomic E-state index is 12.7. The van der Waals surface area contributed by atoms with E-state index >= 15 is 0 Å². The molecule has 0 bridgehead atoms. The molecule has 0 amide bonds. The summed E-state index contributed by atoms with van der Waals surface area (Å²) in [5.41, 5.74) is 0. The van der Waals surface area contributed by atoms with Gasteiger partial charge in [0.15, 0.2) is 6.10 Å². The van der Waals surface area contributed by atoms with Crippen LogP contribution < -0.4 is 0 Å². The van der Waals surface area contributed by atoms with Gasteiger partial charge < -0.3 is 14.2 Å². The van der Waals surface area contributed by atoms with Gasteiger partial charge in [0, 0.05) is 19.3 Å². The topological polar surface area (TPSA) is 78.9 Å². The molecule has 0 aliphatic carbocycles. The molecule has 0 saturated carbocycles. The molecule has 0 heterocycles. The summed E-state index contributed by atoms with van der Waals surface area (Å²) in [6, 6.07) is 0. The fourth-order valence-corrected chi connectivity index (χ4v) is 6.62. The highest BCUT2D eigenvalue weighted by atomic mass is 16.6. The van der Waals surface area contributed by atoms with Crippen LogP contribution in [0.25, 0.3) is 0 Å². The summed E-state index contributed by atoms with van der Waals surface area (Å²) in [5, 5.41) is 0. The zero-order valence-electron chi connectivity index (χ0n) is 38.0. The van der Waals surface area contributed by atoms with Gasteiger partial charge >= 0.3 is 17.9 Å². The Morgan fingerprint density at radius 3 is 1.07 bits per heavy atom. The lowest BCUT2D eigenvalue weighted by molar-refractivity contribution is -0.167. The van der Waals surface area contributed by atoms with Crippen molar-refractivity contribution in [2.45, 2.75) is 239 Å². The predicted octanol–water partition coefficient (Wildman–Crippen LogP) is 15.7. The average molecular weight is 811 g/mol. The summed E-state index contributed by atoms with van der Waals surface area (Å²) in [5.74, 6) is -0.930. The van der Waals surface area contributed by atoms with Gasteiger partial charge in [0.05, 0.1) is 0 Å². The maximum Gasteiger partial charge on any atom is 0.306 e.